The van der Waals surface area contributed by atoms with Crippen LogP contribution in [0.15, 0.2) is 24.3 Å². The van der Waals surface area contributed by atoms with Crippen LogP contribution in [0.1, 0.15) is 38.7 Å². The van der Waals surface area contributed by atoms with Gasteiger partial charge in [-0.15, -0.1) is 0 Å². The Labute approximate surface area is 137 Å². The topological polar surface area (TPSA) is 41.6 Å². The van der Waals surface area contributed by atoms with Crippen molar-refractivity contribution in [3.63, 3.8) is 0 Å². The zero-order chi connectivity index (χ0) is 16.3. The molecular weight excluding hydrogens is 300 g/mol. The lowest BCUT2D eigenvalue weighted by Gasteiger charge is -2.36. The average molecular weight is 325 g/mol. The summed E-state index contributed by atoms with van der Waals surface area (Å²) >= 11 is 5.95. The lowest BCUT2D eigenvalue weighted by Crippen LogP contribution is -2.49. The quantitative estimate of drug-likeness (QED) is 0.902. The maximum absolute atomic E-state index is 12.0. The summed E-state index contributed by atoms with van der Waals surface area (Å²) in [6, 6.07) is 8.06. The Morgan fingerprint density at radius 3 is 2.50 bits per heavy atom. The summed E-state index contributed by atoms with van der Waals surface area (Å²) in [5.41, 5.74) is 0.784. The number of benzene rings is 1. The number of likely N-dealkylation sites (N-methyl/N-ethyl adjacent to an activating group) is 1. The van der Waals surface area contributed by atoms with E-state index in [-0.39, 0.29) is 12.1 Å². The minimum Gasteiger partial charge on any atom is -0.444 e. The fourth-order valence-electron chi connectivity index (χ4n) is 2.87. The Morgan fingerprint density at radius 2 is 1.91 bits per heavy atom. The Kier molecular flexibility index (Phi) is 5.35. The molecule has 0 bridgehead atoms. The van der Waals surface area contributed by atoms with Gasteiger partial charge in [0.05, 0.1) is 0 Å². The number of halogens is 1. The van der Waals surface area contributed by atoms with Gasteiger partial charge in [0, 0.05) is 24.2 Å². The van der Waals surface area contributed by atoms with E-state index in [0.717, 1.165) is 24.5 Å². The molecule has 1 heterocycles. The molecule has 0 spiro atoms. The summed E-state index contributed by atoms with van der Waals surface area (Å²) in [5, 5.41) is 3.73. The molecule has 1 aliphatic rings. The van der Waals surface area contributed by atoms with Crippen molar-refractivity contribution in [2.75, 3.05) is 20.1 Å². The minimum absolute atomic E-state index is 0.0919. The Balaban J connectivity index is 1.99. The third kappa shape index (κ3) is 5.18. The number of hydrogen-bond donors (Lipinski definition) is 1. The van der Waals surface area contributed by atoms with E-state index < -0.39 is 5.60 Å². The monoisotopic (exact) mass is 324 g/mol. The van der Waals surface area contributed by atoms with Gasteiger partial charge in [0.2, 0.25) is 0 Å². The van der Waals surface area contributed by atoms with Crippen LogP contribution in [0.2, 0.25) is 5.02 Å². The maximum atomic E-state index is 12.0. The van der Waals surface area contributed by atoms with Crippen LogP contribution in [-0.4, -0.2) is 42.8 Å². The standard InChI is InChI=1S/C17H25ClN2O2/c1-17(2,3)22-16(21)19-15-9-13(10-20(4)11-15)12-5-7-14(18)8-6-12/h5-8,13,15H,9-11H2,1-4H3,(H,19,21). The third-order valence-electron chi connectivity index (χ3n) is 3.70. The zero-order valence-corrected chi connectivity index (χ0v) is 14.5. The highest BCUT2D eigenvalue weighted by atomic mass is 35.5. The SMILES string of the molecule is CN1CC(NC(=O)OC(C)(C)C)CC(c2ccc(Cl)cc2)C1. The van der Waals surface area contributed by atoms with E-state index in [9.17, 15) is 4.79 Å². The zero-order valence-electron chi connectivity index (χ0n) is 13.7. The molecule has 1 amide bonds. The average Bonchev–Trinajstić information content (AvgIpc) is 2.36. The number of nitrogens with zero attached hydrogens (tertiary/aromatic N) is 1. The largest absolute Gasteiger partial charge is 0.444 e. The van der Waals surface area contributed by atoms with Crippen molar-refractivity contribution in [2.24, 2.45) is 0 Å². The van der Waals surface area contributed by atoms with E-state index in [1.165, 1.54) is 5.56 Å². The molecule has 5 heteroatoms. The van der Waals surface area contributed by atoms with Crippen LogP contribution in [0.25, 0.3) is 0 Å². The first kappa shape index (κ1) is 17.1. The van der Waals surface area contributed by atoms with Gasteiger partial charge in [-0.1, -0.05) is 23.7 Å². The Bertz CT molecular complexity index is 510. The van der Waals surface area contributed by atoms with Crippen LogP contribution in [0.3, 0.4) is 0 Å². The molecule has 0 aliphatic carbocycles. The molecule has 22 heavy (non-hydrogen) atoms. The van der Waals surface area contributed by atoms with Gasteiger partial charge in [-0.2, -0.15) is 0 Å². The number of carbonyl (C=O) groups excluding carboxylic acids is 1. The second kappa shape index (κ2) is 6.88. The number of nitrogens with one attached hydrogen (secondary N) is 1. The molecular formula is C17H25ClN2O2. The number of carbonyl (C=O) groups is 1. The van der Waals surface area contributed by atoms with Crippen LogP contribution in [0.4, 0.5) is 4.79 Å². The summed E-state index contributed by atoms with van der Waals surface area (Å²) in [6.45, 7) is 7.43. The van der Waals surface area contributed by atoms with E-state index in [1.807, 2.05) is 32.9 Å². The number of likely N-dealkylation sites (tertiary alicyclic amines) is 1. The van der Waals surface area contributed by atoms with Gasteiger partial charge < -0.3 is 15.0 Å². The van der Waals surface area contributed by atoms with Gasteiger partial charge in [0.1, 0.15) is 5.60 Å². The number of amides is 1. The molecule has 2 atom stereocenters. The summed E-state index contributed by atoms with van der Waals surface area (Å²) in [6.07, 6.45) is 0.563. The summed E-state index contributed by atoms with van der Waals surface area (Å²) < 4.78 is 5.35. The molecule has 0 radical (unpaired) electrons. The Morgan fingerprint density at radius 1 is 1.27 bits per heavy atom. The van der Waals surface area contributed by atoms with Gasteiger partial charge in [0.15, 0.2) is 0 Å². The summed E-state index contributed by atoms with van der Waals surface area (Å²) in [4.78, 5) is 14.2. The number of hydrogen-bond acceptors (Lipinski definition) is 3. The van der Waals surface area contributed by atoms with E-state index in [4.69, 9.17) is 16.3 Å². The van der Waals surface area contributed by atoms with E-state index in [1.54, 1.807) is 0 Å². The second-order valence-corrected chi connectivity index (χ2v) is 7.48. The van der Waals surface area contributed by atoms with Crippen LogP contribution in [0.5, 0.6) is 0 Å². The molecule has 2 rings (SSSR count). The van der Waals surface area contributed by atoms with Gasteiger partial charge >= 0.3 is 6.09 Å². The normalized spacial score (nSPS) is 23.1. The van der Waals surface area contributed by atoms with E-state index in [0.29, 0.717) is 5.92 Å². The van der Waals surface area contributed by atoms with Crippen molar-refractivity contribution < 1.29 is 9.53 Å². The smallest absolute Gasteiger partial charge is 0.407 e. The highest BCUT2D eigenvalue weighted by Gasteiger charge is 2.28. The van der Waals surface area contributed by atoms with E-state index in [2.05, 4.69) is 29.4 Å². The highest BCUT2D eigenvalue weighted by Crippen LogP contribution is 2.27. The third-order valence-corrected chi connectivity index (χ3v) is 3.95. The fraction of sp³-hybridized carbons (Fsp3) is 0.588. The van der Waals surface area contributed by atoms with Crippen LogP contribution < -0.4 is 5.32 Å². The van der Waals surface area contributed by atoms with Gasteiger partial charge in [-0.25, -0.2) is 4.79 Å². The van der Waals surface area contributed by atoms with Crippen molar-refractivity contribution >= 4 is 17.7 Å². The van der Waals surface area contributed by atoms with E-state index >= 15 is 0 Å². The van der Waals surface area contributed by atoms with Crippen LogP contribution in [-0.2, 0) is 4.74 Å². The molecule has 1 fully saturated rings. The van der Waals surface area contributed by atoms with Crippen LogP contribution >= 0.6 is 11.6 Å². The molecule has 4 nitrogen and oxygen atoms in total. The molecule has 1 N–H and O–H groups in total. The molecule has 0 saturated carbocycles. The van der Waals surface area contributed by atoms with Crippen molar-refractivity contribution in [1.29, 1.82) is 0 Å². The molecule has 1 saturated heterocycles. The Hall–Kier alpha value is -1.26. The molecule has 122 valence electrons. The van der Waals surface area contributed by atoms with Crippen molar-refractivity contribution in [1.82, 2.24) is 10.2 Å². The summed E-state index contributed by atoms with van der Waals surface area (Å²) in [7, 11) is 2.08. The minimum atomic E-state index is -0.472. The lowest BCUT2D eigenvalue weighted by molar-refractivity contribution is 0.0473. The molecule has 0 aromatic heterocycles. The van der Waals surface area contributed by atoms with Gasteiger partial charge in [-0.05, 0) is 57.9 Å². The van der Waals surface area contributed by atoms with Crippen molar-refractivity contribution in [3.05, 3.63) is 34.9 Å². The summed E-state index contributed by atoms with van der Waals surface area (Å²) in [5.74, 6) is 0.385. The molecule has 1 aromatic rings. The maximum Gasteiger partial charge on any atom is 0.407 e. The van der Waals surface area contributed by atoms with Gasteiger partial charge in [-0.3, -0.25) is 0 Å². The van der Waals surface area contributed by atoms with Gasteiger partial charge in [0.25, 0.3) is 0 Å². The highest BCUT2D eigenvalue weighted by molar-refractivity contribution is 6.30. The number of ether oxygens (including phenoxy) is 1. The predicted octanol–water partition coefficient (Wildman–Crippen LogP) is 3.65. The first-order valence-corrected chi connectivity index (χ1v) is 8.04. The molecule has 1 aromatic carbocycles. The second-order valence-electron chi connectivity index (χ2n) is 7.05. The number of rotatable bonds is 2. The van der Waals surface area contributed by atoms with Crippen molar-refractivity contribution in [2.45, 2.75) is 44.8 Å². The molecule has 2 unspecified atom stereocenters. The van der Waals surface area contributed by atoms with Crippen LogP contribution in [0, 0.1) is 0 Å². The predicted molar refractivity (Wildman–Crippen MR) is 89.5 cm³/mol. The van der Waals surface area contributed by atoms with Crippen molar-refractivity contribution in [3.8, 4) is 0 Å². The lowest BCUT2D eigenvalue weighted by atomic mass is 9.88. The number of alkyl carbamates (subject to hydrolysis) is 1. The molecule has 1 aliphatic heterocycles. The number of piperidine rings is 1. The first-order chi connectivity index (χ1) is 10.2. The fourth-order valence-corrected chi connectivity index (χ4v) is 3.00. The first-order valence-electron chi connectivity index (χ1n) is 7.66.